The maximum absolute atomic E-state index is 11.9. The van der Waals surface area contributed by atoms with Gasteiger partial charge >= 0.3 is 5.97 Å². The van der Waals surface area contributed by atoms with E-state index in [1.54, 1.807) is 12.3 Å². The molecule has 3 rings (SSSR count). The predicted molar refractivity (Wildman–Crippen MR) is 74.2 cm³/mol. The van der Waals surface area contributed by atoms with Crippen LogP contribution in [-0.4, -0.2) is 22.5 Å². The highest BCUT2D eigenvalue weighted by molar-refractivity contribution is 6.08. The second-order valence-electron chi connectivity index (χ2n) is 4.42. The van der Waals surface area contributed by atoms with E-state index in [2.05, 4.69) is 9.97 Å². The molecule has 19 heavy (non-hydrogen) atoms. The highest BCUT2D eigenvalue weighted by Crippen LogP contribution is 2.24. The summed E-state index contributed by atoms with van der Waals surface area (Å²) in [4.78, 5) is 19.4. The van der Waals surface area contributed by atoms with Crippen molar-refractivity contribution in [3.63, 3.8) is 0 Å². The standard InChI is InChI=1S/C15H14N2O2/c1-2-8-19-15(18)10-5-6-13-12(9-10)11-4-3-7-16-14(11)17-13/h3-7,9H,2,8H2,1H3,(H,16,17). The lowest BCUT2D eigenvalue weighted by Crippen LogP contribution is -2.05. The smallest absolute Gasteiger partial charge is 0.338 e. The summed E-state index contributed by atoms with van der Waals surface area (Å²) in [5.74, 6) is -0.276. The van der Waals surface area contributed by atoms with Gasteiger partial charge in [0, 0.05) is 22.5 Å². The van der Waals surface area contributed by atoms with Gasteiger partial charge in [0.25, 0.3) is 0 Å². The van der Waals surface area contributed by atoms with Crippen molar-refractivity contribution in [3.8, 4) is 0 Å². The van der Waals surface area contributed by atoms with E-state index in [-0.39, 0.29) is 5.97 Å². The summed E-state index contributed by atoms with van der Waals surface area (Å²) in [6, 6.07) is 9.39. The van der Waals surface area contributed by atoms with Crippen molar-refractivity contribution in [2.24, 2.45) is 0 Å². The average Bonchev–Trinajstić information content (AvgIpc) is 2.82. The zero-order valence-electron chi connectivity index (χ0n) is 10.6. The molecule has 0 spiro atoms. The third-order valence-corrected chi connectivity index (χ3v) is 3.04. The Kier molecular flexibility index (Phi) is 2.91. The quantitative estimate of drug-likeness (QED) is 0.730. The van der Waals surface area contributed by atoms with Crippen LogP contribution in [0, 0.1) is 0 Å². The number of nitrogens with one attached hydrogen (secondary N) is 1. The van der Waals surface area contributed by atoms with E-state index >= 15 is 0 Å². The number of aromatic nitrogens is 2. The van der Waals surface area contributed by atoms with E-state index in [1.807, 2.05) is 31.2 Å². The van der Waals surface area contributed by atoms with Crippen LogP contribution < -0.4 is 0 Å². The van der Waals surface area contributed by atoms with Crippen molar-refractivity contribution in [1.82, 2.24) is 9.97 Å². The van der Waals surface area contributed by atoms with Crippen LogP contribution in [0.5, 0.6) is 0 Å². The molecule has 0 saturated heterocycles. The molecule has 1 N–H and O–H groups in total. The topological polar surface area (TPSA) is 55.0 Å². The highest BCUT2D eigenvalue weighted by atomic mass is 16.5. The molecule has 0 fully saturated rings. The molecule has 4 nitrogen and oxygen atoms in total. The van der Waals surface area contributed by atoms with Gasteiger partial charge in [0.1, 0.15) is 5.65 Å². The maximum Gasteiger partial charge on any atom is 0.338 e. The zero-order chi connectivity index (χ0) is 13.2. The Morgan fingerprint density at radius 3 is 3.05 bits per heavy atom. The summed E-state index contributed by atoms with van der Waals surface area (Å²) in [7, 11) is 0. The Labute approximate surface area is 110 Å². The van der Waals surface area contributed by atoms with Crippen LogP contribution in [0.4, 0.5) is 0 Å². The Bertz CT molecular complexity index is 746. The fraction of sp³-hybridized carbons (Fsp3) is 0.200. The molecule has 2 heterocycles. The van der Waals surface area contributed by atoms with Crippen LogP contribution in [0.3, 0.4) is 0 Å². The summed E-state index contributed by atoms with van der Waals surface area (Å²) in [6.45, 7) is 2.42. The molecule has 3 aromatic rings. The molecule has 96 valence electrons. The number of ether oxygens (including phenoxy) is 1. The summed E-state index contributed by atoms with van der Waals surface area (Å²) >= 11 is 0. The number of carbonyl (C=O) groups excluding carboxylic acids is 1. The van der Waals surface area contributed by atoms with E-state index in [0.29, 0.717) is 12.2 Å². The third-order valence-electron chi connectivity index (χ3n) is 3.04. The molecule has 0 unspecified atom stereocenters. The first-order valence-corrected chi connectivity index (χ1v) is 6.33. The van der Waals surface area contributed by atoms with Gasteiger partial charge in [-0.15, -0.1) is 0 Å². The van der Waals surface area contributed by atoms with Crippen molar-refractivity contribution in [3.05, 3.63) is 42.1 Å². The summed E-state index contributed by atoms with van der Waals surface area (Å²) in [6.07, 6.45) is 2.57. The molecule has 0 atom stereocenters. The van der Waals surface area contributed by atoms with Crippen LogP contribution in [0.1, 0.15) is 23.7 Å². The highest BCUT2D eigenvalue weighted by Gasteiger charge is 2.10. The lowest BCUT2D eigenvalue weighted by atomic mass is 10.1. The number of fused-ring (bicyclic) bond motifs is 3. The molecule has 0 bridgehead atoms. The Morgan fingerprint density at radius 2 is 2.21 bits per heavy atom. The van der Waals surface area contributed by atoms with Gasteiger partial charge in [-0.2, -0.15) is 0 Å². The number of H-pyrrole nitrogens is 1. The first-order valence-electron chi connectivity index (χ1n) is 6.33. The van der Waals surface area contributed by atoms with Crippen LogP contribution >= 0.6 is 0 Å². The number of pyridine rings is 1. The number of hydrogen-bond acceptors (Lipinski definition) is 3. The summed E-state index contributed by atoms with van der Waals surface area (Å²) in [5.41, 5.74) is 2.38. The first kappa shape index (κ1) is 11.7. The lowest BCUT2D eigenvalue weighted by Gasteiger charge is -2.02. The van der Waals surface area contributed by atoms with E-state index in [1.165, 1.54) is 0 Å². The minimum absolute atomic E-state index is 0.276. The fourth-order valence-electron chi connectivity index (χ4n) is 2.13. The first-order chi connectivity index (χ1) is 9.29. The number of aromatic amines is 1. The molecule has 2 aromatic heterocycles. The maximum atomic E-state index is 11.9. The number of rotatable bonds is 3. The number of hydrogen-bond donors (Lipinski definition) is 1. The van der Waals surface area contributed by atoms with Crippen molar-refractivity contribution in [2.75, 3.05) is 6.61 Å². The molecule has 0 amide bonds. The zero-order valence-corrected chi connectivity index (χ0v) is 10.6. The normalized spacial score (nSPS) is 11.0. The molecule has 0 saturated carbocycles. The lowest BCUT2D eigenvalue weighted by molar-refractivity contribution is 0.0505. The molecule has 0 aliphatic carbocycles. The number of esters is 1. The Morgan fingerprint density at radius 1 is 1.32 bits per heavy atom. The minimum atomic E-state index is -0.276. The molecule has 0 radical (unpaired) electrons. The van der Waals surface area contributed by atoms with E-state index in [9.17, 15) is 4.79 Å². The average molecular weight is 254 g/mol. The minimum Gasteiger partial charge on any atom is -0.462 e. The van der Waals surface area contributed by atoms with Gasteiger partial charge in [0.05, 0.1) is 12.2 Å². The largest absolute Gasteiger partial charge is 0.462 e. The van der Waals surface area contributed by atoms with Gasteiger partial charge in [0.2, 0.25) is 0 Å². The number of carbonyl (C=O) groups is 1. The molecular formula is C15H14N2O2. The number of benzene rings is 1. The van der Waals surface area contributed by atoms with Crippen molar-refractivity contribution < 1.29 is 9.53 Å². The molecule has 1 aromatic carbocycles. The monoisotopic (exact) mass is 254 g/mol. The van der Waals surface area contributed by atoms with Crippen LogP contribution in [0.25, 0.3) is 21.9 Å². The van der Waals surface area contributed by atoms with Crippen LogP contribution in [0.15, 0.2) is 36.5 Å². The SMILES string of the molecule is CCCOC(=O)c1ccc2[nH]c3ncccc3c2c1. The molecular weight excluding hydrogens is 240 g/mol. The fourth-order valence-corrected chi connectivity index (χ4v) is 2.13. The van der Waals surface area contributed by atoms with E-state index in [0.717, 1.165) is 28.4 Å². The molecule has 0 aliphatic rings. The number of nitrogens with zero attached hydrogens (tertiary/aromatic N) is 1. The predicted octanol–water partition coefficient (Wildman–Crippen LogP) is 3.28. The van der Waals surface area contributed by atoms with Gasteiger partial charge in [-0.05, 0) is 36.8 Å². The molecule has 4 heteroatoms. The summed E-state index contributed by atoms with van der Waals surface area (Å²) in [5, 5.41) is 2.01. The Balaban J connectivity index is 2.09. The van der Waals surface area contributed by atoms with Crippen LogP contribution in [-0.2, 0) is 4.74 Å². The van der Waals surface area contributed by atoms with Gasteiger partial charge < -0.3 is 9.72 Å². The van der Waals surface area contributed by atoms with E-state index in [4.69, 9.17) is 4.74 Å². The van der Waals surface area contributed by atoms with Gasteiger partial charge in [-0.3, -0.25) is 0 Å². The Hall–Kier alpha value is -2.36. The van der Waals surface area contributed by atoms with Crippen molar-refractivity contribution in [2.45, 2.75) is 13.3 Å². The van der Waals surface area contributed by atoms with Crippen molar-refractivity contribution in [1.29, 1.82) is 0 Å². The van der Waals surface area contributed by atoms with Crippen LogP contribution in [0.2, 0.25) is 0 Å². The second-order valence-corrected chi connectivity index (χ2v) is 4.42. The van der Waals surface area contributed by atoms with Gasteiger partial charge in [-0.25, -0.2) is 9.78 Å². The van der Waals surface area contributed by atoms with Gasteiger partial charge in [-0.1, -0.05) is 6.92 Å². The van der Waals surface area contributed by atoms with E-state index < -0.39 is 0 Å². The van der Waals surface area contributed by atoms with Crippen molar-refractivity contribution >= 4 is 27.9 Å². The second kappa shape index (κ2) is 4.72. The molecule has 0 aliphatic heterocycles. The summed E-state index contributed by atoms with van der Waals surface area (Å²) < 4.78 is 5.15. The third kappa shape index (κ3) is 2.05. The van der Waals surface area contributed by atoms with Gasteiger partial charge in [0.15, 0.2) is 0 Å².